The van der Waals surface area contributed by atoms with Crippen molar-refractivity contribution in [3.63, 3.8) is 0 Å². The van der Waals surface area contributed by atoms with Gasteiger partial charge in [0.25, 0.3) is 0 Å². The van der Waals surface area contributed by atoms with E-state index in [0.29, 0.717) is 12.1 Å². The highest BCUT2D eigenvalue weighted by Gasteiger charge is 2.08. The Balaban J connectivity index is 2.07. The molecule has 0 aliphatic heterocycles. The number of halogens is 1. The third-order valence-electron chi connectivity index (χ3n) is 2.77. The summed E-state index contributed by atoms with van der Waals surface area (Å²) in [7, 11) is 0. The first-order chi connectivity index (χ1) is 9.70. The summed E-state index contributed by atoms with van der Waals surface area (Å²) in [5.74, 6) is -0.494. The molecule has 0 radical (unpaired) electrons. The van der Waals surface area contributed by atoms with Crippen LogP contribution in [0.5, 0.6) is 0 Å². The van der Waals surface area contributed by atoms with Gasteiger partial charge in [0.2, 0.25) is 0 Å². The molecule has 0 unspecified atom stereocenters. The van der Waals surface area contributed by atoms with Crippen LogP contribution in [0.25, 0.3) is 0 Å². The van der Waals surface area contributed by atoms with E-state index < -0.39 is 11.8 Å². The number of aliphatic hydroxyl groups is 1. The van der Waals surface area contributed by atoms with Gasteiger partial charge in [-0.25, -0.2) is 9.18 Å². The van der Waals surface area contributed by atoms with E-state index in [1.54, 1.807) is 24.3 Å². The van der Waals surface area contributed by atoms with Crippen molar-refractivity contribution in [2.24, 2.45) is 0 Å². The second-order valence-corrected chi connectivity index (χ2v) is 4.19. The van der Waals surface area contributed by atoms with Crippen LogP contribution in [0.1, 0.15) is 5.56 Å². The fourth-order valence-electron chi connectivity index (χ4n) is 1.82. The molecular weight excluding hydrogens is 259 g/mol. The molecule has 2 aromatic carbocycles. The molecule has 2 rings (SSSR count). The lowest BCUT2D eigenvalue weighted by Crippen LogP contribution is -2.21. The second kappa shape index (κ2) is 6.68. The Morgan fingerprint density at radius 1 is 1.00 bits per heavy atom. The molecule has 5 heteroatoms. The maximum Gasteiger partial charge on any atom is 0.323 e. The van der Waals surface area contributed by atoms with Crippen molar-refractivity contribution in [3.8, 4) is 0 Å². The van der Waals surface area contributed by atoms with Crippen molar-refractivity contribution in [3.05, 3.63) is 59.9 Å². The molecule has 0 atom stereocenters. The van der Waals surface area contributed by atoms with Gasteiger partial charge in [0.05, 0.1) is 5.69 Å². The number of nitrogens with one attached hydrogen (secondary N) is 2. The first-order valence-corrected chi connectivity index (χ1v) is 6.22. The molecule has 0 aliphatic rings. The van der Waals surface area contributed by atoms with Crippen LogP contribution < -0.4 is 10.6 Å². The molecule has 3 N–H and O–H groups in total. The molecule has 2 amide bonds. The Hall–Kier alpha value is -2.40. The summed E-state index contributed by atoms with van der Waals surface area (Å²) < 4.78 is 13.4. The van der Waals surface area contributed by atoms with E-state index >= 15 is 0 Å². The summed E-state index contributed by atoms with van der Waals surface area (Å²) >= 11 is 0. The topological polar surface area (TPSA) is 61.4 Å². The highest BCUT2D eigenvalue weighted by molar-refractivity contribution is 6.00. The van der Waals surface area contributed by atoms with Crippen LogP contribution in [0.15, 0.2) is 48.5 Å². The van der Waals surface area contributed by atoms with Crippen molar-refractivity contribution in [2.45, 2.75) is 6.42 Å². The smallest absolute Gasteiger partial charge is 0.323 e. The molecule has 0 saturated heterocycles. The van der Waals surface area contributed by atoms with Gasteiger partial charge in [-0.15, -0.1) is 0 Å². The summed E-state index contributed by atoms with van der Waals surface area (Å²) in [6.07, 6.45) is 0.441. The average Bonchev–Trinajstić information content (AvgIpc) is 2.44. The SMILES string of the molecule is O=C(Nc1ccccc1F)Nc1ccccc1CCO. The minimum Gasteiger partial charge on any atom is -0.396 e. The molecule has 0 spiro atoms. The van der Waals surface area contributed by atoms with E-state index in [0.717, 1.165) is 5.56 Å². The van der Waals surface area contributed by atoms with Crippen molar-refractivity contribution in [2.75, 3.05) is 17.2 Å². The van der Waals surface area contributed by atoms with Gasteiger partial charge in [0, 0.05) is 12.3 Å². The van der Waals surface area contributed by atoms with Crippen LogP contribution >= 0.6 is 0 Å². The predicted octanol–water partition coefficient (Wildman–Crippen LogP) is 3.00. The molecule has 0 saturated carbocycles. The first-order valence-electron chi connectivity index (χ1n) is 6.22. The van der Waals surface area contributed by atoms with Crippen LogP contribution in [0.2, 0.25) is 0 Å². The highest BCUT2D eigenvalue weighted by Crippen LogP contribution is 2.17. The molecule has 0 aromatic heterocycles. The number of benzene rings is 2. The van der Waals surface area contributed by atoms with Crippen LogP contribution in [0.3, 0.4) is 0 Å². The van der Waals surface area contributed by atoms with Crippen LogP contribution in [0, 0.1) is 5.82 Å². The Bertz CT molecular complexity index is 602. The summed E-state index contributed by atoms with van der Waals surface area (Å²) in [4.78, 5) is 11.8. The molecule has 104 valence electrons. The van der Waals surface area contributed by atoms with Gasteiger partial charge in [-0.3, -0.25) is 0 Å². The molecule has 2 aromatic rings. The van der Waals surface area contributed by atoms with E-state index in [-0.39, 0.29) is 12.3 Å². The fourth-order valence-corrected chi connectivity index (χ4v) is 1.82. The second-order valence-electron chi connectivity index (χ2n) is 4.19. The van der Waals surface area contributed by atoms with Crippen molar-refractivity contribution < 1.29 is 14.3 Å². The molecular formula is C15H15FN2O2. The molecule has 0 bridgehead atoms. The molecule has 4 nitrogen and oxygen atoms in total. The largest absolute Gasteiger partial charge is 0.396 e. The number of carbonyl (C=O) groups excluding carboxylic acids is 1. The summed E-state index contributed by atoms with van der Waals surface area (Å²) in [6, 6.07) is 12.6. The predicted molar refractivity (Wildman–Crippen MR) is 76.3 cm³/mol. The summed E-state index contributed by atoms with van der Waals surface area (Å²) in [6.45, 7) is -0.00632. The average molecular weight is 274 g/mol. The number of anilines is 2. The maximum atomic E-state index is 13.4. The number of urea groups is 1. The zero-order valence-electron chi connectivity index (χ0n) is 10.8. The highest BCUT2D eigenvalue weighted by atomic mass is 19.1. The number of carbonyl (C=O) groups is 1. The number of aliphatic hydroxyl groups excluding tert-OH is 1. The third kappa shape index (κ3) is 3.55. The fraction of sp³-hybridized carbons (Fsp3) is 0.133. The Morgan fingerprint density at radius 3 is 2.30 bits per heavy atom. The van der Waals surface area contributed by atoms with Crippen molar-refractivity contribution >= 4 is 17.4 Å². The summed E-state index contributed by atoms with van der Waals surface area (Å²) in [5.41, 5.74) is 1.53. The van der Waals surface area contributed by atoms with Gasteiger partial charge in [0.15, 0.2) is 0 Å². The number of hydrogen-bond acceptors (Lipinski definition) is 2. The van der Waals surface area contributed by atoms with E-state index in [4.69, 9.17) is 5.11 Å². The number of para-hydroxylation sites is 2. The van der Waals surface area contributed by atoms with Gasteiger partial charge >= 0.3 is 6.03 Å². The third-order valence-corrected chi connectivity index (χ3v) is 2.77. The van der Waals surface area contributed by atoms with Crippen LogP contribution in [0.4, 0.5) is 20.6 Å². The lowest BCUT2D eigenvalue weighted by Gasteiger charge is -2.11. The van der Waals surface area contributed by atoms with E-state index in [2.05, 4.69) is 10.6 Å². The minimum absolute atomic E-state index is 0.00632. The monoisotopic (exact) mass is 274 g/mol. The minimum atomic E-state index is -0.527. The van der Waals surface area contributed by atoms with E-state index in [1.807, 2.05) is 12.1 Å². The van der Waals surface area contributed by atoms with Crippen LogP contribution in [-0.2, 0) is 6.42 Å². The molecule has 0 aliphatic carbocycles. The molecule has 0 heterocycles. The maximum absolute atomic E-state index is 13.4. The lowest BCUT2D eigenvalue weighted by molar-refractivity contribution is 0.262. The van der Waals surface area contributed by atoms with E-state index in [9.17, 15) is 9.18 Å². The Kier molecular flexibility index (Phi) is 4.68. The Morgan fingerprint density at radius 2 is 1.60 bits per heavy atom. The first kappa shape index (κ1) is 14.0. The van der Waals surface area contributed by atoms with Gasteiger partial charge < -0.3 is 15.7 Å². The zero-order valence-corrected chi connectivity index (χ0v) is 10.8. The van der Waals surface area contributed by atoms with Gasteiger partial charge in [-0.2, -0.15) is 0 Å². The van der Waals surface area contributed by atoms with Gasteiger partial charge in [-0.05, 0) is 30.2 Å². The number of rotatable bonds is 4. The lowest BCUT2D eigenvalue weighted by atomic mass is 10.1. The van der Waals surface area contributed by atoms with E-state index in [1.165, 1.54) is 12.1 Å². The summed E-state index contributed by atoms with van der Waals surface area (Å²) in [5, 5.41) is 14.1. The quantitative estimate of drug-likeness (QED) is 0.802. The molecule has 20 heavy (non-hydrogen) atoms. The number of amides is 2. The normalized spacial score (nSPS) is 10.1. The van der Waals surface area contributed by atoms with Gasteiger partial charge in [0.1, 0.15) is 5.82 Å². The Labute approximate surface area is 116 Å². The standard InChI is InChI=1S/C15H15FN2O2/c16-12-6-2-4-8-14(12)18-15(20)17-13-7-3-1-5-11(13)9-10-19/h1-8,19H,9-10H2,(H2,17,18,20). The molecule has 0 fully saturated rings. The van der Waals surface area contributed by atoms with Crippen LogP contribution in [-0.4, -0.2) is 17.7 Å². The van der Waals surface area contributed by atoms with Crippen molar-refractivity contribution in [1.29, 1.82) is 0 Å². The van der Waals surface area contributed by atoms with Gasteiger partial charge in [-0.1, -0.05) is 30.3 Å². The van der Waals surface area contributed by atoms with Crippen molar-refractivity contribution in [1.82, 2.24) is 0 Å². The number of hydrogen-bond donors (Lipinski definition) is 3. The zero-order chi connectivity index (χ0) is 14.4.